The Morgan fingerprint density at radius 3 is 2.48 bits per heavy atom. The molecule has 1 aliphatic heterocycles. The van der Waals surface area contributed by atoms with Crippen LogP contribution in [0.3, 0.4) is 0 Å². The van der Waals surface area contributed by atoms with E-state index in [-0.39, 0.29) is 21.3 Å². The molecular weight excluding hydrogens is 649 g/mol. The Morgan fingerprint density at radius 2 is 1.83 bits per heavy atom. The molecule has 1 amide bonds. The van der Waals surface area contributed by atoms with Crippen LogP contribution in [0.2, 0.25) is 0 Å². The van der Waals surface area contributed by atoms with Crippen molar-refractivity contribution in [3.05, 3.63) is 76.9 Å². The van der Waals surface area contributed by atoms with Crippen LogP contribution in [0.15, 0.2) is 65.0 Å². The number of carbonyl (C=O) groups is 2. The van der Waals surface area contributed by atoms with Crippen molar-refractivity contribution >= 4 is 38.2 Å². The first-order chi connectivity index (χ1) is 21.8. The number of pyridine rings is 1. The molecule has 3 heterocycles. The monoisotopic (exact) mass is 676 g/mol. The summed E-state index contributed by atoms with van der Waals surface area (Å²) >= 11 is 1.12. The number of morpholine rings is 1. The molecule has 0 bridgehead atoms. The maximum Gasteiger partial charge on any atom is 0.491 e. The molecule has 1 N–H and O–H groups in total. The zero-order chi connectivity index (χ0) is 33.1. The van der Waals surface area contributed by atoms with Gasteiger partial charge in [0.2, 0.25) is 0 Å². The van der Waals surface area contributed by atoms with E-state index >= 15 is 0 Å². The number of benzene rings is 2. The van der Waals surface area contributed by atoms with Crippen molar-refractivity contribution in [2.75, 3.05) is 37.9 Å². The maximum absolute atomic E-state index is 13.7. The van der Waals surface area contributed by atoms with Crippen LogP contribution >= 0.6 is 11.3 Å². The van der Waals surface area contributed by atoms with Crippen LogP contribution in [0, 0.1) is 6.92 Å². The molecule has 4 aromatic rings. The summed E-state index contributed by atoms with van der Waals surface area (Å²) in [5.74, 6) is -4.75. The second-order valence-electron chi connectivity index (χ2n) is 10.2. The quantitative estimate of drug-likeness (QED) is 0.185. The molecule has 1 saturated heterocycles. The normalized spacial score (nSPS) is 14.1. The number of rotatable bonds is 9. The zero-order valence-corrected chi connectivity index (χ0v) is 26.1. The van der Waals surface area contributed by atoms with Crippen molar-refractivity contribution in [3.63, 3.8) is 0 Å². The lowest BCUT2D eigenvalue weighted by molar-refractivity contribution is -0.189. The number of aromatic nitrogens is 2. The number of carbonyl (C=O) groups excluding carboxylic acids is 2. The van der Waals surface area contributed by atoms with Gasteiger partial charge in [0, 0.05) is 43.0 Å². The zero-order valence-electron chi connectivity index (χ0n) is 24.5. The number of thiazole rings is 1. The Bertz CT molecular complexity index is 1860. The summed E-state index contributed by atoms with van der Waals surface area (Å²) in [7, 11) is -3.56. The van der Waals surface area contributed by atoms with Crippen LogP contribution in [0.25, 0.3) is 11.3 Å². The molecule has 1 fully saturated rings. The lowest BCUT2D eigenvalue weighted by Crippen LogP contribution is -2.35. The average molecular weight is 677 g/mol. The number of amides is 1. The molecule has 0 radical (unpaired) electrons. The Balaban J connectivity index is 1.56. The van der Waals surface area contributed by atoms with Gasteiger partial charge >= 0.3 is 12.1 Å². The molecule has 5 rings (SSSR count). The van der Waals surface area contributed by atoms with Crippen molar-refractivity contribution in [1.82, 2.24) is 14.9 Å². The highest BCUT2D eigenvalue weighted by atomic mass is 32.2. The van der Waals surface area contributed by atoms with E-state index in [0.717, 1.165) is 17.6 Å². The molecule has 1 aliphatic rings. The number of ether oxygens (including phenoxy) is 3. The molecule has 2 aromatic carbocycles. The van der Waals surface area contributed by atoms with Crippen LogP contribution < -0.4 is 14.8 Å². The Kier molecular flexibility index (Phi) is 9.71. The van der Waals surface area contributed by atoms with Gasteiger partial charge in [-0.1, -0.05) is 6.07 Å². The van der Waals surface area contributed by atoms with Gasteiger partial charge in [-0.2, -0.15) is 13.2 Å². The minimum Gasteiger partial charge on any atom is -0.453 e. The van der Waals surface area contributed by atoms with E-state index in [1.54, 1.807) is 24.4 Å². The topological polar surface area (TPSA) is 137 Å². The Hall–Kier alpha value is -4.38. The van der Waals surface area contributed by atoms with Gasteiger partial charge in [0.05, 0.1) is 35.1 Å². The van der Waals surface area contributed by atoms with Gasteiger partial charge < -0.3 is 14.2 Å². The predicted molar refractivity (Wildman–Crippen MR) is 162 cm³/mol. The summed E-state index contributed by atoms with van der Waals surface area (Å²) in [6, 6.07) is 11.0. The van der Waals surface area contributed by atoms with Crippen LogP contribution in [0.5, 0.6) is 17.2 Å². The minimum absolute atomic E-state index is 0.00867. The number of hydrogen-bond acceptors (Lipinski definition) is 11. The smallest absolute Gasteiger partial charge is 0.453 e. The fourth-order valence-corrected chi connectivity index (χ4v) is 5.83. The molecule has 242 valence electrons. The van der Waals surface area contributed by atoms with Gasteiger partial charge in [-0.25, -0.2) is 18.2 Å². The fourth-order valence-electron chi connectivity index (χ4n) is 4.50. The van der Waals surface area contributed by atoms with E-state index in [1.165, 1.54) is 42.6 Å². The first kappa shape index (κ1) is 33.0. The van der Waals surface area contributed by atoms with Crippen LogP contribution in [0.1, 0.15) is 21.6 Å². The molecule has 0 spiro atoms. The maximum atomic E-state index is 13.7. The highest BCUT2D eigenvalue weighted by Crippen LogP contribution is 2.41. The van der Waals surface area contributed by atoms with Crippen LogP contribution in [-0.4, -0.2) is 73.9 Å². The second kappa shape index (κ2) is 13.5. The highest BCUT2D eigenvalue weighted by Gasteiger charge is 2.42. The molecule has 11 nitrogen and oxygen atoms in total. The van der Waals surface area contributed by atoms with Gasteiger partial charge in [-0.3, -0.25) is 20.0 Å². The fraction of sp³-hybridized carbons (Fsp3) is 0.267. The van der Waals surface area contributed by atoms with Crippen molar-refractivity contribution in [2.45, 2.75) is 24.5 Å². The molecule has 2 aromatic heterocycles. The van der Waals surface area contributed by atoms with Gasteiger partial charge in [0.15, 0.2) is 26.5 Å². The molecule has 16 heteroatoms. The van der Waals surface area contributed by atoms with E-state index in [2.05, 4.69) is 20.2 Å². The molecule has 0 aliphatic carbocycles. The second-order valence-corrected chi connectivity index (χ2v) is 13.1. The van der Waals surface area contributed by atoms with Crippen molar-refractivity contribution in [1.29, 1.82) is 0 Å². The summed E-state index contributed by atoms with van der Waals surface area (Å²) < 4.78 is 80.1. The highest BCUT2D eigenvalue weighted by molar-refractivity contribution is 7.90. The third kappa shape index (κ3) is 8.06. The number of nitrogens with one attached hydrogen (secondary N) is 1. The summed E-state index contributed by atoms with van der Waals surface area (Å²) in [6.07, 6.45) is -2.90. The lowest BCUT2D eigenvalue weighted by Gasteiger charge is -2.25. The number of hydrogen-bond donors (Lipinski definition) is 1. The summed E-state index contributed by atoms with van der Waals surface area (Å²) in [5.41, 5.74) is 1.53. The Labute approximate surface area is 265 Å². The number of aryl methyl sites for hydroxylation is 1. The van der Waals surface area contributed by atoms with Gasteiger partial charge in [-0.15, -0.1) is 11.3 Å². The van der Waals surface area contributed by atoms with E-state index in [9.17, 15) is 31.2 Å². The number of alkyl halides is 3. The van der Waals surface area contributed by atoms with E-state index in [4.69, 9.17) is 14.2 Å². The number of sulfone groups is 1. The third-order valence-electron chi connectivity index (χ3n) is 6.75. The van der Waals surface area contributed by atoms with E-state index in [1.807, 2.05) is 0 Å². The summed E-state index contributed by atoms with van der Waals surface area (Å²) in [4.78, 5) is 36.7. The third-order valence-corrected chi connectivity index (χ3v) is 8.68. The van der Waals surface area contributed by atoms with Crippen LogP contribution in [-0.2, 0) is 25.9 Å². The van der Waals surface area contributed by atoms with Gasteiger partial charge in [0.25, 0.3) is 5.91 Å². The molecular formula is C30H27F3N4O7S2. The summed E-state index contributed by atoms with van der Waals surface area (Å²) in [6.45, 7) is 4.86. The van der Waals surface area contributed by atoms with Gasteiger partial charge in [0.1, 0.15) is 5.75 Å². The van der Waals surface area contributed by atoms with Gasteiger partial charge in [-0.05, 0) is 55.0 Å². The number of anilines is 1. The van der Waals surface area contributed by atoms with Crippen molar-refractivity contribution in [2.24, 2.45) is 0 Å². The first-order valence-corrected chi connectivity index (χ1v) is 16.5. The van der Waals surface area contributed by atoms with Crippen molar-refractivity contribution < 1.29 is 45.4 Å². The number of halogens is 3. The molecule has 46 heavy (non-hydrogen) atoms. The molecule has 0 saturated carbocycles. The predicted octanol–water partition coefficient (Wildman–Crippen LogP) is 5.26. The molecule has 0 atom stereocenters. The van der Waals surface area contributed by atoms with E-state index < -0.39 is 45.0 Å². The SMILES string of the molecule is Cc1cccnc1-c1cc(Oc2ccc(S(C)(=O)=O)cc2)c(OC(=O)C(F)(F)F)c(C(=O)Nc2nc(CN3CCOCC3)cs2)c1. The number of esters is 1. The molecule has 0 unspecified atom stereocenters. The largest absolute Gasteiger partial charge is 0.491 e. The van der Waals surface area contributed by atoms with Crippen molar-refractivity contribution in [3.8, 4) is 28.5 Å². The average Bonchev–Trinajstić information content (AvgIpc) is 3.44. The van der Waals surface area contributed by atoms with E-state index in [0.29, 0.717) is 49.8 Å². The Morgan fingerprint density at radius 1 is 1.11 bits per heavy atom. The lowest BCUT2D eigenvalue weighted by atomic mass is 10.0. The number of nitrogens with zero attached hydrogens (tertiary/aromatic N) is 3. The standard InChI is InChI=1S/C30H27F3N4O7S2/c1-18-4-3-9-34-25(18)19-14-23(27(38)36-29-35-20(17-45-29)16-37-10-12-42-13-11-37)26(44-28(39)30(31,32)33)24(15-19)43-21-5-7-22(8-6-21)46(2,40)41/h3-9,14-15,17H,10-13,16H2,1-2H3,(H,35,36,38). The summed E-state index contributed by atoms with van der Waals surface area (Å²) in [5, 5.41) is 4.50. The first-order valence-electron chi connectivity index (χ1n) is 13.7. The minimum atomic E-state index is -5.40. The van der Waals surface area contributed by atoms with Crippen LogP contribution in [0.4, 0.5) is 18.3 Å².